The molecule has 2 bridgehead atoms. The molecule has 4 nitrogen and oxygen atoms in total. The molecule has 1 amide bonds. The van der Waals surface area contributed by atoms with Crippen LogP contribution in [0.2, 0.25) is 0 Å². The van der Waals surface area contributed by atoms with Crippen molar-refractivity contribution in [3.63, 3.8) is 0 Å². The molecule has 0 saturated heterocycles. The second-order valence-electron chi connectivity index (χ2n) is 11.6. The van der Waals surface area contributed by atoms with Crippen molar-refractivity contribution in [2.24, 2.45) is 23.2 Å². The minimum absolute atomic E-state index is 0.0190. The third kappa shape index (κ3) is 4.32. The Bertz CT molecular complexity index is 1050. The van der Waals surface area contributed by atoms with E-state index in [4.69, 9.17) is 16.7 Å². The second-order valence-corrected chi connectivity index (χ2v) is 11.9. The summed E-state index contributed by atoms with van der Waals surface area (Å²) in [5.41, 5.74) is 7.35. The Morgan fingerprint density at radius 2 is 2.06 bits per heavy atom. The molecule has 1 aromatic carbocycles. The van der Waals surface area contributed by atoms with Gasteiger partial charge >= 0.3 is 0 Å². The zero-order valence-corrected chi connectivity index (χ0v) is 21.9. The molecular formula is C29H40ClN3O. The maximum absolute atomic E-state index is 13.5. The predicted octanol–water partition coefficient (Wildman–Crippen LogP) is 6.56. The minimum Gasteiger partial charge on any atom is -0.350 e. The number of carbonyl (C=O) groups is 1. The normalized spacial score (nSPS) is 24.5. The van der Waals surface area contributed by atoms with Gasteiger partial charge in [0.15, 0.2) is 5.69 Å². The maximum Gasteiger partial charge on any atom is 0.272 e. The molecule has 4 aliphatic rings. The molecule has 2 aromatic rings. The van der Waals surface area contributed by atoms with Crippen molar-refractivity contribution in [1.29, 1.82) is 0 Å². The number of rotatable bonds is 8. The number of unbranched alkanes of at least 4 members (excludes halogenated alkanes) is 2. The number of aromatic nitrogens is 2. The summed E-state index contributed by atoms with van der Waals surface area (Å²) in [6.45, 7) is 8.62. The van der Waals surface area contributed by atoms with Crippen LogP contribution in [0.4, 0.5) is 0 Å². The van der Waals surface area contributed by atoms with Crippen LogP contribution in [-0.4, -0.2) is 28.1 Å². The molecule has 6 rings (SSSR count). The van der Waals surface area contributed by atoms with E-state index in [0.717, 1.165) is 69.0 Å². The number of amides is 1. The molecule has 0 spiro atoms. The first kappa shape index (κ1) is 23.9. The summed E-state index contributed by atoms with van der Waals surface area (Å²) in [6, 6.07) is 6.74. The third-order valence-corrected chi connectivity index (χ3v) is 9.45. The lowest BCUT2D eigenvalue weighted by Gasteiger charge is -2.60. The molecule has 0 aliphatic heterocycles. The number of fused-ring (bicyclic) bond motifs is 5. The molecule has 3 atom stereocenters. The smallest absolute Gasteiger partial charge is 0.272 e. The van der Waals surface area contributed by atoms with Gasteiger partial charge in [-0.15, -0.1) is 11.6 Å². The monoisotopic (exact) mass is 481 g/mol. The minimum atomic E-state index is 0.0190. The Morgan fingerprint density at radius 1 is 1.21 bits per heavy atom. The average molecular weight is 482 g/mol. The van der Waals surface area contributed by atoms with Gasteiger partial charge in [0.05, 0.1) is 5.69 Å². The summed E-state index contributed by atoms with van der Waals surface area (Å²) in [6.07, 6.45) is 10.1. The molecule has 1 N–H and O–H groups in total. The van der Waals surface area contributed by atoms with E-state index in [1.165, 1.54) is 41.6 Å². The Morgan fingerprint density at radius 3 is 2.82 bits per heavy atom. The van der Waals surface area contributed by atoms with Gasteiger partial charge in [-0.3, -0.25) is 9.48 Å². The number of alkyl halides is 1. The maximum atomic E-state index is 13.5. The quantitative estimate of drug-likeness (QED) is 0.343. The highest BCUT2D eigenvalue weighted by Gasteiger charge is 2.54. The predicted molar refractivity (Wildman–Crippen MR) is 139 cm³/mol. The number of hydrogen-bond donors (Lipinski definition) is 1. The molecular weight excluding hydrogens is 442 g/mol. The largest absolute Gasteiger partial charge is 0.350 e. The van der Waals surface area contributed by atoms with Crippen molar-refractivity contribution in [1.82, 2.24) is 15.1 Å². The number of aryl methyl sites for hydroxylation is 3. The lowest BCUT2D eigenvalue weighted by atomic mass is 9.45. The number of carbonyl (C=O) groups excluding carboxylic acids is 1. The third-order valence-electron chi connectivity index (χ3n) is 9.18. The van der Waals surface area contributed by atoms with Gasteiger partial charge in [0.2, 0.25) is 0 Å². The number of nitrogens with one attached hydrogen (secondary N) is 1. The van der Waals surface area contributed by atoms with Crippen LogP contribution in [0.5, 0.6) is 0 Å². The van der Waals surface area contributed by atoms with Crippen LogP contribution in [0.3, 0.4) is 0 Å². The highest BCUT2D eigenvalue weighted by atomic mass is 35.5. The van der Waals surface area contributed by atoms with Gasteiger partial charge in [-0.1, -0.05) is 44.0 Å². The Labute approximate surface area is 209 Å². The fraction of sp³-hybridized carbons (Fsp3) is 0.655. The number of benzene rings is 1. The van der Waals surface area contributed by atoms with Crippen molar-refractivity contribution < 1.29 is 4.79 Å². The Hall–Kier alpha value is -1.81. The molecule has 3 saturated carbocycles. The fourth-order valence-electron chi connectivity index (χ4n) is 7.04. The summed E-state index contributed by atoms with van der Waals surface area (Å²) in [7, 11) is 0. The van der Waals surface area contributed by atoms with Gasteiger partial charge in [0.1, 0.15) is 0 Å². The molecule has 0 radical (unpaired) electrons. The second kappa shape index (κ2) is 9.68. The first-order chi connectivity index (χ1) is 16.4. The van der Waals surface area contributed by atoms with Crippen LogP contribution in [0, 0.1) is 30.1 Å². The van der Waals surface area contributed by atoms with E-state index in [-0.39, 0.29) is 5.91 Å². The summed E-state index contributed by atoms with van der Waals surface area (Å²) in [5.74, 6) is 2.96. The molecule has 3 fully saturated rings. The highest BCUT2D eigenvalue weighted by Crippen LogP contribution is 2.61. The van der Waals surface area contributed by atoms with Crippen LogP contribution < -0.4 is 5.32 Å². The first-order valence-electron chi connectivity index (χ1n) is 13.4. The number of nitrogens with zero attached hydrogens (tertiary/aromatic N) is 2. The fourth-order valence-corrected chi connectivity index (χ4v) is 7.23. The van der Waals surface area contributed by atoms with Gasteiger partial charge in [-0.2, -0.15) is 5.10 Å². The zero-order chi connectivity index (χ0) is 23.9. The molecule has 184 valence electrons. The number of hydrogen-bond acceptors (Lipinski definition) is 2. The summed E-state index contributed by atoms with van der Waals surface area (Å²) in [5, 5.41) is 8.27. The number of halogens is 1. The molecule has 3 unspecified atom stereocenters. The van der Waals surface area contributed by atoms with Crippen molar-refractivity contribution in [2.75, 3.05) is 12.4 Å². The van der Waals surface area contributed by atoms with E-state index in [1.807, 2.05) is 0 Å². The molecule has 34 heavy (non-hydrogen) atoms. The summed E-state index contributed by atoms with van der Waals surface area (Å²) < 4.78 is 2.12. The van der Waals surface area contributed by atoms with E-state index in [1.54, 1.807) is 0 Å². The van der Waals surface area contributed by atoms with E-state index >= 15 is 0 Å². The lowest BCUT2D eigenvalue weighted by Crippen LogP contribution is -2.54. The van der Waals surface area contributed by atoms with E-state index in [2.05, 4.69) is 49.0 Å². The summed E-state index contributed by atoms with van der Waals surface area (Å²) >= 11 is 5.90. The topological polar surface area (TPSA) is 46.9 Å². The van der Waals surface area contributed by atoms with Crippen molar-refractivity contribution in [3.05, 3.63) is 40.6 Å². The van der Waals surface area contributed by atoms with Crippen molar-refractivity contribution in [2.45, 2.75) is 85.1 Å². The van der Waals surface area contributed by atoms with Crippen molar-refractivity contribution in [3.8, 4) is 11.3 Å². The average Bonchev–Trinajstić information content (AvgIpc) is 3.07. The first-order valence-corrected chi connectivity index (χ1v) is 14.0. The standard InChI is InChI=1S/C29H40ClN3O/c1-19-10-13-23-20(16-19)8-7-9-24-26(32-33(27(23)24)15-6-4-5-14-30)28(34)31-18-21-11-12-22-17-25(21)29(22,2)3/h10,13,16,21-22,25H,4-9,11-12,14-15,17-18H2,1-3H3,(H,31,34). The highest BCUT2D eigenvalue weighted by molar-refractivity contribution is 6.17. The van der Waals surface area contributed by atoms with Crippen LogP contribution in [-0.2, 0) is 19.4 Å². The van der Waals surface area contributed by atoms with Gasteiger partial charge < -0.3 is 5.32 Å². The van der Waals surface area contributed by atoms with Gasteiger partial charge in [-0.05, 0) is 87.0 Å². The summed E-state index contributed by atoms with van der Waals surface area (Å²) in [4.78, 5) is 13.5. The van der Waals surface area contributed by atoms with Crippen LogP contribution in [0.25, 0.3) is 11.3 Å². The van der Waals surface area contributed by atoms with Crippen LogP contribution >= 0.6 is 11.6 Å². The Kier molecular flexibility index (Phi) is 6.81. The van der Waals surface area contributed by atoms with Crippen LogP contribution in [0.1, 0.15) is 86.0 Å². The molecule has 1 aromatic heterocycles. The van der Waals surface area contributed by atoms with Crippen molar-refractivity contribution >= 4 is 17.5 Å². The molecule has 4 aliphatic carbocycles. The van der Waals surface area contributed by atoms with E-state index in [0.29, 0.717) is 22.9 Å². The van der Waals surface area contributed by atoms with Gasteiger partial charge in [0.25, 0.3) is 5.91 Å². The Balaban J connectivity index is 1.40. The van der Waals surface area contributed by atoms with Gasteiger partial charge in [-0.25, -0.2) is 0 Å². The lowest BCUT2D eigenvalue weighted by molar-refractivity contribution is -0.103. The SMILES string of the molecule is Cc1ccc2c(c1)CCCc1c(C(=O)NCC3CCC4CC3C4(C)C)nn(CCCCCCl)c1-2. The zero-order valence-electron chi connectivity index (χ0n) is 21.1. The molecule has 1 heterocycles. The van der Waals surface area contributed by atoms with Gasteiger partial charge in [0, 0.05) is 30.1 Å². The molecule has 5 heteroatoms. The van der Waals surface area contributed by atoms with E-state index < -0.39 is 0 Å². The van der Waals surface area contributed by atoms with E-state index in [9.17, 15) is 4.79 Å². The van der Waals surface area contributed by atoms with Crippen LogP contribution in [0.15, 0.2) is 18.2 Å².